The molecule has 0 aliphatic heterocycles. The summed E-state index contributed by atoms with van der Waals surface area (Å²) in [5, 5.41) is 9.47. The van der Waals surface area contributed by atoms with Gasteiger partial charge < -0.3 is 9.84 Å². The Kier molecular flexibility index (Phi) is 4.05. The fraction of sp³-hybridized carbons (Fsp3) is 0.333. The second kappa shape index (κ2) is 5.30. The Labute approximate surface area is 93.9 Å². The van der Waals surface area contributed by atoms with Gasteiger partial charge >= 0.3 is 5.97 Å². The van der Waals surface area contributed by atoms with Crippen molar-refractivity contribution in [2.45, 2.75) is 19.8 Å². The van der Waals surface area contributed by atoms with Crippen LogP contribution in [0.5, 0.6) is 5.75 Å². The van der Waals surface area contributed by atoms with Gasteiger partial charge in [0.05, 0.1) is 18.1 Å². The van der Waals surface area contributed by atoms with Crippen LogP contribution in [-0.4, -0.2) is 24.0 Å². The molecule has 0 fully saturated rings. The van der Waals surface area contributed by atoms with E-state index in [1.807, 2.05) is 0 Å². The van der Waals surface area contributed by atoms with E-state index in [1.54, 1.807) is 19.9 Å². The largest absolute Gasteiger partial charge is 0.507 e. The Balaban J connectivity index is 2.92. The highest BCUT2D eigenvalue weighted by molar-refractivity contribution is 5.81. The van der Waals surface area contributed by atoms with E-state index in [0.717, 1.165) is 0 Å². The second-order valence-electron chi connectivity index (χ2n) is 3.41. The van der Waals surface area contributed by atoms with Gasteiger partial charge in [0.15, 0.2) is 6.29 Å². The highest BCUT2D eigenvalue weighted by Gasteiger charge is 2.17. The van der Waals surface area contributed by atoms with Crippen molar-refractivity contribution in [3.05, 3.63) is 29.3 Å². The number of benzene rings is 1. The topological polar surface area (TPSA) is 63.6 Å². The monoisotopic (exact) mass is 222 g/mol. The minimum absolute atomic E-state index is 0.122. The van der Waals surface area contributed by atoms with Crippen molar-refractivity contribution in [1.29, 1.82) is 0 Å². The maximum atomic E-state index is 11.4. The van der Waals surface area contributed by atoms with E-state index in [0.29, 0.717) is 18.5 Å². The highest BCUT2D eigenvalue weighted by Crippen LogP contribution is 2.23. The number of hydrogen-bond acceptors (Lipinski definition) is 4. The van der Waals surface area contributed by atoms with Crippen LogP contribution in [-0.2, 0) is 9.53 Å². The van der Waals surface area contributed by atoms with Crippen LogP contribution in [0, 0.1) is 0 Å². The van der Waals surface area contributed by atoms with Crippen molar-refractivity contribution in [2.24, 2.45) is 0 Å². The number of aldehydes is 1. The summed E-state index contributed by atoms with van der Waals surface area (Å²) in [7, 11) is 0. The zero-order valence-corrected chi connectivity index (χ0v) is 9.27. The lowest BCUT2D eigenvalue weighted by molar-refractivity contribution is -0.144. The lowest BCUT2D eigenvalue weighted by Gasteiger charge is -2.11. The van der Waals surface area contributed by atoms with E-state index in [-0.39, 0.29) is 17.3 Å². The van der Waals surface area contributed by atoms with Gasteiger partial charge in [-0.25, -0.2) is 0 Å². The first-order valence-corrected chi connectivity index (χ1v) is 5.04. The molecule has 0 bridgehead atoms. The molecule has 1 atom stereocenters. The Bertz CT molecular complexity index is 398. The minimum Gasteiger partial charge on any atom is -0.507 e. The molecule has 1 unspecified atom stereocenters. The average Bonchev–Trinajstić information content (AvgIpc) is 2.28. The Morgan fingerprint density at radius 1 is 1.56 bits per heavy atom. The molecule has 0 amide bonds. The van der Waals surface area contributed by atoms with E-state index in [2.05, 4.69) is 0 Å². The van der Waals surface area contributed by atoms with Gasteiger partial charge in [-0.15, -0.1) is 0 Å². The number of aromatic hydroxyl groups is 1. The average molecular weight is 222 g/mol. The number of carbonyl (C=O) groups excluding carboxylic acids is 2. The molecule has 0 saturated heterocycles. The molecule has 86 valence electrons. The molecule has 0 saturated carbocycles. The summed E-state index contributed by atoms with van der Waals surface area (Å²) in [5.41, 5.74) is 0.835. The van der Waals surface area contributed by atoms with Crippen LogP contribution >= 0.6 is 0 Å². The molecular formula is C12H14O4. The van der Waals surface area contributed by atoms with Crippen LogP contribution < -0.4 is 0 Å². The summed E-state index contributed by atoms with van der Waals surface area (Å²) in [5.74, 6) is -0.920. The first kappa shape index (κ1) is 12.2. The molecule has 1 N–H and O–H groups in total. The molecule has 0 spiro atoms. The maximum Gasteiger partial charge on any atom is 0.313 e. The Hall–Kier alpha value is -1.84. The van der Waals surface area contributed by atoms with Crippen molar-refractivity contribution in [3.63, 3.8) is 0 Å². The molecule has 1 rings (SSSR count). The highest BCUT2D eigenvalue weighted by atomic mass is 16.5. The van der Waals surface area contributed by atoms with Crippen molar-refractivity contribution in [3.8, 4) is 5.75 Å². The molecule has 0 aromatic heterocycles. The summed E-state index contributed by atoms with van der Waals surface area (Å²) in [4.78, 5) is 21.9. The van der Waals surface area contributed by atoms with Crippen LogP contribution in [0.1, 0.15) is 35.7 Å². The molecule has 0 heterocycles. The maximum absolute atomic E-state index is 11.4. The molecule has 0 aliphatic rings. The summed E-state index contributed by atoms with van der Waals surface area (Å²) >= 11 is 0. The summed E-state index contributed by atoms with van der Waals surface area (Å²) in [6.07, 6.45) is 0.564. The first-order valence-electron chi connectivity index (χ1n) is 5.04. The molecule has 0 aliphatic carbocycles. The van der Waals surface area contributed by atoms with Gasteiger partial charge in [-0.3, -0.25) is 9.59 Å². The molecular weight excluding hydrogens is 208 g/mol. The number of carbonyl (C=O) groups is 2. The standard InChI is InChI=1S/C12H14O4/c1-3-16-12(15)8(2)9-4-5-10(7-13)11(14)6-9/h4-8,14H,3H2,1-2H3. The van der Waals surface area contributed by atoms with E-state index in [1.165, 1.54) is 12.1 Å². The van der Waals surface area contributed by atoms with Crippen molar-refractivity contribution >= 4 is 12.3 Å². The zero-order valence-electron chi connectivity index (χ0n) is 9.27. The van der Waals surface area contributed by atoms with Crippen LogP contribution in [0.3, 0.4) is 0 Å². The van der Waals surface area contributed by atoms with Crippen molar-refractivity contribution in [2.75, 3.05) is 6.61 Å². The van der Waals surface area contributed by atoms with E-state index in [4.69, 9.17) is 4.74 Å². The third kappa shape index (κ3) is 2.59. The number of esters is 1. The quantitative estimate of drug-likeness (QED) is 0.624. The summed E-state index contributed by atoms with van der Waals surface area (Å²) in [6, 6.07) is 4.52. The number of hydrogen-bond donors (Lipinski definition) is 1. The van der Waals surface area contributed by atoms with E-state index >= 15 is 0 Å². The van der Waals surface area contributed by atoms with Gasteiger partial charge in [-0.1, -0.05) is 6.07 Å². The van der Waals surface area contributed by atoms with Crippen LogP contribution in [0.25, 0.3) is 0 Å². The molecule has 1 aromatic carbocycles. The normalized spacial score (nSPS) is 11.9. The van der Waals surface area contributed by atoms with Gasteiger partial charge in [0, 0.05) is 0 Å². The molecule has 4 nitrogen and oxygen atoms in total. The number of rotatable bonds is 4. The van der Waals surface area contributed by atoms with Gasteiger partial charge in [-0.2, -0.15) is 0 Å². The van der Waals surface area contributed by atoms with Gasteiger partial charge in [0.1, 0.15) is 5.75 Å². The van der Waals surface area contributed by atoms with Crippen LogP contribution in [0.15, 0.2) is 18.2 Å². The Morgan fingerprint density at radius 3 is 2.75 bits per heavy atom. The van der Waals surface area contributed by atoms with Gasteiger partial charge in [-0.05, 0) is 31.5 Å². The minimum atomic E-state index is -0.452. The van der Waals surface area contributed by atoms with Gasteiger partial charge in [0.2, 0.25) is 0 Å². The SMILES string of the molecule is CCOC(=O)C(C)c1ccc(C=O)c(O)c1. The lowest BCUT2D eigenvalue weighted by Crippen LogP contribution is -2.12. The molecule has 16 heavy (non-hydrogen) atoms. The summed E-state index contributed by atoms with van der Waals surface area (Å²) in [6.45, 7) is 3.74. The number of phenolic OH excluding ortho intramolecular Hbond substituents is 1. The van der Waals surface area contributed by atoms with E-state index in [9.17, 15) is 14.7 Å². The van der Waals surface area contributed by atoms with Crippen molar-refractivity contribution in [1.82, 2.24) is 0 Å². The van der Waals surface area contributed by atoms with Gasteiger partial charge in [0.25, 0.3) is 0 Å². The predicted octanol–water partition coefficient (Wildman–Crippen LogP) is 1.87. The van der Waals surface area contributed by atoms with E-state index < -0.39 is 5.92 Å². The molecule has 0 radical (unpaired) electrons. The molecule has 4 heteroatoms. The van der Waals surface area contributed by atoms with Crippen LogP contribution in [0.4, 0.5) is 0 Å². The Morgan fingerprint density at radius 2 is 2.25 bits per heavy atom. The number of ether oxygens (including phenoxy) is 1. The predicted molar refractivity (Wildman–Crippen MR) is 58.5 cm³/mol. The molecule has 1 aromatic rings. The first-order chi connectivity index (χ1) is 7.60. The lowest BCUT2D eigenvalue weighted by atomic mass is 9.99. The second-order valence-corrected chi connectivity index (χ2v) is 3.41. The zero-order chi connectivity index (χ0) is 12.1. The smallest absolute Gasteiger partial charge is 0.313 e. The fourth-order valence-electron chi connectivity index (χ4n) is 1.33. The number of phenols is 1. The third-order valence-electron chi connectivity index (χ3n) is 2.32. The van der Waals surface area contributed by atoms with Crippen LogP contribution in [0.2, 0.25) is 0 Å². The van der Waals surface area contributed by atoms with Crippen molar-refractivity contribution < 1.29 is 19.4 Å². The summed E-state index contributed by atoms with van der Waals surface area (Å²) < 4.78 is 4.86. The third-order valence-corrected chi connectivity index (χ3v) is 2.32. The fourth-order valence-corrected chi connectivity index (χ4v) is 1.33.